The van der Waals surface area contributed by atoms with E-state index >= 15 is 0 Å². The normalized spacial score (nSPS) is 13.5. The summed E-state index contributed by atoms with van der Waals surface area (Å²) in [6, 6.07) is 12.3. The molecule has 0 amide bonds. The third-order valence-corrected chi connectivity index (χ3v) is 3.89. The number of anilines is 1. The Balaban J connectivity index is 2.45. The Morgan fingerprint density at radius 1 is 1.14 bits per heavy atom. The predicted octanol–water partition coefficient (Wildman–Crippen LogP) is 4.71. The SMILES string of the molecule is Cc1ccc(NC(C)(C(=O)O)c2ccc(Cl)cc2Cl)cc1. The zero-order valence-electron chi connectivity index (χ0n) is 11.7. The van der Waals surface area contributed by atoms with Gasteiger partial charge in [-0.2, -0.15) is 0 Å². The molecule has 5 heteroatoms. The first-order valence-electron chi connectivity index (χ1n) is 6.37. The van der Waals surface area contributed by atoms with Crippen LogP contribution in [0.3, 0.4) is 0 Å². The van der Waals surface area contributed by atoms with E-state index in [0.717, 1.165) is 5.56 Å². The van der Waals surface area contributed by atoms with Crippen molar-refractivity contribution < 1.29 is 9.90 Å². The third kappa shape index (κ3) is 3.31. The molecule has 1 unspecified atom stereocenters. The quantitative estimate of drug-likeness (QED) is 0.856. The third-order valence-electron chi connectivity index (χ3n) is 3.34. The molecule has 0 saturated heterocycles. The lowest BCUT2D eigenvalue weighted by Gasteiger charge is -2.29. The Kier molecular flexibility index (Phi) is 4.45. The van der Waals surface area contributed by atoms with Gasteiger partial charge >= 0.3 is 5.97 Å². The second kappa shape index (κ2) is 5.96. The number of carboxylic acids is 1. The van der Waals surface area contributed by atoms with E-state index in [-0.39, 0.29) is 0 Å². The van der Waals surface area contributed by atoms with Crippen LogP contribution in [0.5, 0.6) is 0 Å². The fraction of sp³-hybridized carbons (Fsp3) is 0.188. The summed E-state index contributed by atoms with van der Waals surface area (Å²) in [6.07, 6.45) is 0. The molecule has 0 aromatic heterocycles. The van der Waals surface area contributed by atoms with E-state index in [9.17, 15) is 9.90 Å². The summed E-state index contributed by atoms with van der Waals surface area (Å²) in [6.45, 7) is 3.54. The van der Waals surface area contributed by atoms with Crippen molar-refractivity contribution in [2.75, 3.05) is 5.32 Å². The molecule has 0 heterocycles. The number of aliphatic carboxylic acids is 1. The maximum absolute atomic E-state index is 11.8. The van der Waals surface area contributed by atoms with Crippen molar-refractivity contribution in [3.8, 4) is 0 Å². The molecular weight excluding hydrogens is 309 g/mol. The van der Waals surface area contributed by atoms with Crippen molar-refractivity contribution >= 4 is 34.9 Å². The van der Waals surface area contributed by atoms with Crippen molar-refractivity contribution in [3.05, 3.63) is 63.6 Å². The largest absolute Gasteiger partial charge is 0.479 e. The minimum Gasteiger partial charge on any atom is -0.479 e. The number of benzene rings is 2. The molecule has 110 valence electrons. The topological polar surface area (TPSA) is 49.3 Å². The van der Waals surface area contributed by atoms with Gasteiger partial charge in [0.25, 0.3) is 0 Å². The second-order valence-electron chi connectivity index (χ2n) is 5.05. The van der Waals surface area contributed by atoms with Gasteiger partial charge in [-0.3, -0.25) is 0 Å². The van der Waals surface area contributed by atoms with Gasteiger partial charge in [-0.05, 0) is 38.1 Å². The smallest absolute Gasteiger partial charge is 0.333 e. The van der Waals surface area contributed by atoms with Crippen LogP contribution in [0.25, 0.3) is 0 Å². The summed E-state index contributed by atoms with van der Waals surface area (Å²) in [4.78, 5) is 11.8. The molecule has 0 saturated carbocycles. The Morgan fingerprint density at radius 2 is 1.76 bits per heavy atom. The predicted molar refractivity (Wildman–Crippen MR) is 86.3 cm³/mol. The number of hydrogen-bond donors (Lipinski definition) is 2. The maximum atomic E-state index is 11.8. The zero-order valence-corrected chi connectivity index (χ0v) is 13.2. The fourth-order valence-electron chi connectivity index (χ4n) is 2.06. The van der Waals surface area contributed by atoms with Crippen molar-refractivity contribution in [2.24, 2.45) is 0 Å². The molecule has 21 heavy (non-hydrogen) atoms. The number of halogens is 2. The zero-order chi connectivity index (χ0) is 15.6. The average molecular weight is 324 g/mol. The van der Waals surface area contributed by atoms with E-state index in [4.69, 9.17) is 23.2 Å². The van der Waals surface area contributed by atoms with E-state index in [1.807, 2.05) is 31.2 Å². The monoisotopic (exact) mass is 323 g/mol. The van der Waals surface area contributed by atoms with Gasteiger partial charge in [-0.25, -0.2) is 4.79 Å². The molecule has 0 bridgehead atoms. The second-order valence-corrected chi connectivity index (χ2v) is 5.89. The molecule has 1 atom stereocenters. The molecule has 0 aliphatic carbocycles. The number of carbonyl (C=O) groups is 1. The van der Waals surface area contributed by atoms with Gasteiger partial charge in [0.2, 0.25) is 0 Å². The Bertz CT molecular complexity index is 670. The molecule has 0 aliphatic heterocycles. The van der Waals surface area contributed by atoms with Crippen LogP contribution >= 0.6 is 23.2 Å². The van der Waals surface area contributed by atoms with Gasteiger partial charge in [-0.15, -0.1) is 0 Å². The van der Waals surface area contributed by atoms with Gasteiger partial charge in [0, 0.05) is 21.3 Å². The van der Waals surface area contributed by atoms with E-state index < -0.39 is 11.5 Å². The minimum atomic E-state index is -1.35. The number of aryl methyl sites for hydroxylation is 1. The van der Waals surface area contributed by atoms with Crippen LogP contribution in [-0.2, 0) is 10.3 Å². The van der Waals surface area contributed by atoms with E-state index in [0.29, 0.717) is 21.3 Å². The minimum absolute atomic E-state index is 0.312. The Labute approximate surface area is 133 Å². The Morgan fingerprint density at radius 3 is 2.29 bits per heavy atom. The molecule has 2 rings (SSSR count). The van der Waals surface area contributed by atoms with Crippen molar-refractivity contribution in [3.63, 3.8) is 0 Å². The van der Waals surface area contributed by atoms with Crippen molar-refractivity contribution in [1.82, 2.24) is 0 Å². The summed E-state index contributed by atoms with van der Waals surface area (Å²) in [5.74, 6) is -1.02. The number of rotatable bonds is 4. The van der Waals surface area contributed by atoms with Gasteiger partial charge < -0.3 is 10.4 Å². The summed E-state index contributed by atoms with van der Waals surface area (Å²) in [5, 5.41) is 13.4. The molecule has 0 spiro atoms. The summed E-state index contributed by atoms with van der Waals surface area (Å²) >= 11 is 12.0. The summed E-state index contributed by atoms with van der Waals surface area (Å²) in [7, 11) is 0. The summed E-state index contributed by atoms with van der Waals surface area (Å²) in [5.41, 5.74) is 0.914. The van der Waals surface area contributed by atoms with Gasteiger partial charge in [-0.1, -0.05) is 47.0 Å². The standard InChI is InChI=1S/C16H15Cl2NO2/c1-10-3-6-12(7-4-10)19-16(2,15(20)21)13-8-5-11(17)9-14(13)18/h3-9,19H,1-2H3,(H,20,21). The number of hydrogen-bond acceptors (Lipinski definition) is 2. The molecule has 2 aromatic carbocycles. The highest BCUT2D eigenvalue weighted by Gasteiger charge is 2.37. The van der Waals surface area contributed by atoms with Gasteiger partial charge in [0.05, 0.1) is 0 Å². The number of nitrogens with one attached hydrogen (secondary N) is 1. The van der Waals surface area contributed by atoms with Crippen LogP contribution in [0.15, 0.2) is 42.5 Å². The highest BCUT2D eigenvalue weighted by molar-refractivity contribution is 6.35. The average Bonchev–Trinajstić information content (AvgIpc) is 2.41. The summed E-state index contributed by atoms with van der Waals surface area (Å²) < 4.78 is 0. The van der Waals surface area contributed by atoms with Crippen LogP contribution in [0.4, 0.5) is 5.69 Å². The molecule has 2 N–H and O–H groups in total. The molecule has 3 nitrogen and oxygen atoms in total. The lowest BCUT2D eigenvalue weighted by molar-refractivity contribution is -0.142. The van der Waals surface area contributed by atoms with Crippen LogP contribution in [-0.4, -0.2) is 11.1 Å². The first-order chi connectivity index (χ1) is 9.83. The molecule has 2 aromatic rings. The maximum Gasteiger partial charge on any atom is 0.333 e. The van der Waals surface area contributed by atoms with Crippen molar-refractivity contribution in [1.29, 1.82) is 0 Å². The van der Waals surface area contributed by atoms with E-state index in [1.54, 1.807) is 19.1 Å². The molecule has 0 fully saturated rings. The lowest BCUT2D eigenvalue weighted by atomic mass is 9.91. The van der Waals surface area contributed by atoms with Crippen LogP contribution < -0.4 is 5.32 Å². The Hall–Kier alpha value is -1.71. The first kappa shape index (κ1) is 15.7. The van der Waals surface area contributed by atoms with E-state index in [1.165, 1.54) is 6.07 Å². The van der Waals surface area contributed by atoms with Crippen molar-refractivity contribution in [2.45, 2.75) is 19.4 Å². The van der Waals surface area contributed by atoms with Gasteiger partial charge in [0.1, 0.15) is 0 Å². The molecule has 0 aliphatic rings. The van der Waals surface area contributed by atoms with Gasteiger partial charge in [0.15, 0.2) is 5.54 Å². The van der Waals surface area contributed by atoms with E-state index in [2.05, 4.69) is 5.32 Å². The molecule has 0 radical (unpaired) electrons. The highest BCUT2D eigenvalue weighted by Crippen LogP contribution is 2.33. The lowest BCUT2D eigenvalue weighted by Crippen LogP contribution is -2.40. The van der Waals surface area contributed by atoms with Crippen LogP contribution in [0.2, 0.25) is 10.0 Å². The number of carboxylic acid groups (broad SMARTS) is 1. The van der Waals surface area contributed by atoms with Crippen LogP contribution in [0.1, 0.15) is 18.1 Å². The highest BCUT2D eigenvalue weighted by atomic mass is 35.5. The van der Waals surface area contributed by atoms with Crippen LogP contribution in [0, 0.1) is 6.92 Å². The fourth-order valence-corrected chi connectivity index (χ4v) is 2.65. The molecular formula is C16H15Cl2NO2. The first-order valence-corrected chi connectivity index (χ1v) is 7.12.